The lowest BCUT2D eigenvalue weighted by Gasteiger charge is -2.33. The van der Waals surface area contributed by atoms with Gasteiger partial charge >= 0.3 is 6.61 Å². The highest BCUT2D eigenvalue weighted by Gasteiger charge is 2.23. The van der Waals surface area contributed by atoms with Crippen LogP contribution in [0.1, 0.15) is 22.9 Å². The molecule has 0 aliphatic carbocycles. The van der Waals surface area contributed by atoms with Crippen molar-refractivity contribution in [1.29, 1.82) is 0 Å². The summed E-state index contributed by atoms with van der Waals surface area (Å²) in [5.41, 5.74) is 3.05. The second kappa shape index (κ2) is 7.06. The molecule has 0 spiro atoms. The van der Waals surface area contributed by atoms with Gasteiger partial charge in [0.25, 0.3) is 0 Å². The second-order valence-electron chi connectivity index (χ2n) is 5.58. The van der Waals surface area contributed by atoms with Crippen LogP contribution in [0.4, 0.5) is 8.78 Å². The average Bonchev–Trinajstić information content (AvgIpc) is 2.92. The summed E-state index contributed by atoms with van der Waals surface area (Å²) in [6, 6.07) is 6.70. The van der Waals surface area contributed by atoms with Crippen LogP contribution in [0.25, 0.3) is 0 Å². The number of rotatable bonds is 5. The van der Waals surface area contributed by atoms with Crippen LogP contribution >= 0.6 is 0 Å². The third-order valence-electron chi connectivity index (χ3n) is 3.92. The van der Waals surface area contributed by atoms with E-state index in [0.717, 1.165) is 29.9 Å². The zero-order valence-electron chi connectivity index (χ0n) is 12.8. The zero-order chi connectivity index (χ0) is 16.2. The van der Waals surface area contributed by atoms with Gasteiger partial charge in [0.15, 0.2) is 0 Å². The third kappa shape index (κ3) is 4.05. The fourth-order valence-electron chi connectivity index (χ4n) is 2.70. The van der Waals surface area contributed by atoms with Crippen LogP contribution in [0, 0.1) is 6.92 Å². The molecule has 124 valence electrons. The molecule has 1 aliphatic rings. The van der Waals surface area contributed by atoms with Gasteiger partial charge in [-0.2, -0.15) is 13.9 Å². The molecule has 0 amide bonds. The van der Waals surface area contributed by atoms with Crippen molar-refractivity contribution in [2.75, 3.05) is 19.7 Å². The van der Waals surface area contributed by atoms with Gasteiger partial charge in [-0.3, -0.25) is 10.00 Å². The summed E-state index contributed by atoms with van der Waals surface area (Å²) < 4.78 is 34.9. The maximum atomic E-state index is 12.3. The Balaban J connectivity index is 1.67. The molecule has 2 heterocycles. The Hall–Kier alpha value is -1.99. The smallest absolute Gasteiger partial charge is 0.387 e. The molecule has 1 aliphatic heterocycles. The van der Waals surface area contributed by atoms with E-state index in [1.807, 2.05) is 13.0 Å². The molecule has 7 heteroatoms. The molecular weight excluding hydrogens is 304 g/mol. The Morgan fingerprint density at radius 2 is 2.35 bits per heavy atom. The summed E-state index contributed by atoms with van der Waals surface area (Å²) in [5, 5.41) is 7.04. The van der Waals surface area contributed by atoms with Crippen molar-refractivity contribution in [2.24, 2.45) is 0 Å². The summed E-state index contributed by atoms with van der Waals surface area (Å²) in [5.74, 6) is 0.155. The minimum absolute atomic E-state index is 0.155. The fraction of sp³-hybridized carbons (Fsp3) is 0.438. The lowest BCUT2D eigenvalue weighted by molar-refractivity contribution is -0.0509. The number of morpholine rings is 1. The van der Waals surface area contributed by atoms with Gasteiger partial charge in [0.05, 0.1) is 24.6 Å². The van der Waals surface area contributed by atoms with Crippen molar-refractivity contribution >= 4 is 0 Å². The SMILES string of the molecule is Cc1cn[nH]c1CN1CCOC(c2cccc(OC(F)F)c2)C1. The Labute approximate surface area is 133 Å². The van der Waals surface area contributed by atoms with Crippen molar-refractivity contribution in [2.45, 2.75) is 26.2 Å². The number of benzene rings is 1. The first-order chi connectivity index (χ1) is 11.1. The van der Waals surface area contributed by atoms with Gasteiger partial charge in [-0.15, -0.1) is 0 Å². The van der Waals surface area contributed by atoms with Crippen LogP contribution in [-0.2, 0) is 11.3 Å². The van der Waals surface area contributed by atoms with Gasteiger partial charge in [-0.05, 0) is 30.2 Å². The standard InChI is InChI=1S/C16H19F2N3O2/c1-11-8-19-20-14(11)9-21-5-6-22-15(10-21)12-3-2-4-13(7-12)23-16(17)18/h2-4,7-8,15-16H,5-6,9-10H2,1H3,(H,19,20). The molecule has 1 saturated heterocycles. The number of alkyl halides is 2. The van der Waals surface area contributed by atoms with E-state index in [9.17, 15) is 8.78 Å². The van der Waals surface area contributed by atoms with E-state index in [-0.39, 0.29) is 11.9 Å². The monoisotopic (exact) mass is 323 g/mol. The highest BCUT2D eigenvalue weighted by Crippen LogP contribution is 2.26. The molecule has 23 heavy (non-hydrogen) atoms. The van der Waals surface area contributed by atoms with E-state index in [1.54, 1.807) is 18.3 Å². The minimum atomic E-state index is -2.82. The maximum Gasteiger partial charge on any atom is 0.387 e. The van der Waals surface area contributed by atoms with Crippen molar-refractivity contribution in [3.05, 3.63) is 47.3 Å². The van der Waals surface area contributed by atoms with Crippen LogP contribution in [0.5, 0.6) is 5.75 Å². The number of nitrogens with one attached hydrogen (secondary N) is 1. The molecular formula is C16H19F2N3O2. The van der Waals surface area contributed by atoms with E-state index < -0.39 is 6.61 Å². The molecule has 0 bridgehead atoms. The van der Waals surface area contributed by atoms with Gasteiger partial charge in [0, 0.05) is 19.6 Å². The Morgan fingerprint density at radius 1 is 1.48 bits per heavy atom. The number of H-pyrrole nitrogens is 1. The van der Waals surface area contributed by atoms with E-state index in [0.29, 0.717) is 13.2 Å². The number of hydrogen-bond acceptors (Lipinski definition) is 4. The largest absolute Gasteiger partial charge is 0.435 e. The number of aryl methyl sites for hydroxylation is 1. The lowest BCUT2D eigenvalue weighted by Crippen LogP contribution is -2.38. The summed E-state index contributed by atoms with van der Waals surface area (Å²) in [7, 11) is 0. The predicted molar refractivity (Wildman–Crippen MR) is 80.4 cm³/mol. The van der Waals surface area contributed by atoms with E-state index >= 15 is 0 Å². The number of ether oxygens (including phenoxy) is 2. The zero-order valence-corrected chi connectivity index (χ0v) is 12.8. The third-order valence-corrected chi connectivity index (χ3v) is 3.92. The summed E-state index contributed by atoms with van der Waals surface area (Å²) >= 11 is 0. The van der Waals surface area contributed by atoms with Crippen molar-refractivity contribution in [1.82, 2.24) is 15.1 Å². The van der Waals surface area contributed by atoms with Crippen LogP contribution in [0.3, 0.4) is 0 Å². The van der Waals surface area contributed by atoms with Gasteiger partial charge in [0.1, 0.15) is 5.75 Å². The van der Waals surface area contributed by atoms with Crippen molar-refractivity contribution < 1.29 is 18.3 Å². The Kier molecular flexibility index (Phi) is 4.88. The quantitative estimate of drug-likeness (QED) is 0.919. The highest BCUT2D eigenvalue weighted by atomic mass is 19.3. The summed E-state index contributed by atoms with van der Waals surface area (Å²) in [4.78, 5) is 2.26. The van der Waals surface area contributed by atoms with Gasteiger partial charge in [-0.25, -0.2) is 0 Å². The molecule has 1 atom stereocenters. The van der Waals surface area contributed by atoms with Crippen LogP contribution in [0.15, 0.2) is 30.5 Å². The van der Waals surface area contributed by atoms with Crippen molar-refractivity contribution in [3.8, 4) is 5.75 Å². The van der Waals surface area contributed by atoms with Crippen LogP contribution in [0.2, 0.25) is 0 Å². The lowest BCUT2D eigenvalue weighted by atomic mass is 10.1. The van der Waals surface area contributed by atoms with E-state index in [2.05, 4.69) is 19.8 Å². The number of aromatic nitrogens is 2. The molecule has 1 N–H and O–H groups in total. The molecule has 5 nitrogen and oxygen atoms in total. The van der Waals surface area contributed by atoms with Crippen LogP contribution in [-0.4, -0.2) is 41.4 Å². The number of nitrogens with zero attached hydrogens (tertiary/aromatic N) is 2. The summed E-state index contributed by atoms with van der Waals surface area (Å²) in [6.45, 7) is 2.06. The van der Waals surface area contributed by atoms with E-state index in [1.165, 1.54) is 6.07 Å². The van der Waals surface area contributed by atoms with Crippen LogP contribution < -0.4 is 4.74 Å². The van der Waals surface area contributed by atoms with E-state index in [4.69, 9.17) is 4.74 Å². The number of aromatic amines is 1. The molecule has 1 aromatic carbocycles. The van der Waals surface area contributed by atoms with Gasteiger partial charge in [0.2, 0.25) is 0 Å². The first-order valence-electron chi connectivity index (χ1n) is 7.49. The fourth-order valence-corrected chi connectivity index (χ4v) is 2.70. The Morgan fingerprint density at radius 3 is 3.09 bits per heavy atom. The first-order valence-corrected chi connectivity index (χ1v) is 7.49. The second-order valence-corrected chi connectivity index (χ2v) is 5.58. The van der Waals surface area contributed by atoms with Gasteiger partial charge in [-0.1, -0.05) is 12.1 Å². The molecule has 1 unspecified atom stereocenters. The number of hydrogen-bond donors (Lipinski definition) is 1. The predicted octanol–water partition coefficient (Wildman–Crippen LogP) is 2.89. The molecule has 1 aromatic heterocycles. The normalized spacial score (nSPS) is 19.2. The maximum absolute atomic E-state index is 12.3. The first kappa shape index (κ1) is 15.9. The number of halogens is 2. The van der Waals surface area contributed by atoms with Gasteiger partial charge < -0.3 is 9.47 Å². The highest BCUT2D eigenvalue weighted by molar-refractivity contribution is 5.30. The molecule has 3 rings (SSSR count). The minimum Gasteiger partial charge on any atom is -0.435 e. The summed E-state index contributed by atoms with van der Waals surface area (Å²) in [6.07, 6.45) is 1.64. The molecule has 0 radical (unpaired) electrons. The van der Waals surface area contributed by atoms with Crippen molar-refractivity contribution in [3.63, 3.8) is 0 Å². The molecule has 0 saturated carbocycles. The molecule has 2 aromatic rings. The topological polar surface area (TPSA) is 50.4 Å². The Bertz CT molecular complexity index is 648. The molecule has 1 fully saturated rings. The average molecular weight is 323 g/mol.